The SMILES string of the molecule is CNC(=O)c1c(C)cccc1NC(=O)CSc1nnc(C)n1-c1cc(C)ccc1C. The van der Waals surface area contributed by atoms with Crippen molar-refractivity contribution in [3.8, 4) is 5.69 Å². The van der Waals surface area contributed by atoms with Crippen molar-refractivity contribution in [3.05, 3.63) is 64.5 Å². The van der Waals surface area contributed by atoms with Crippen LogP contribution in [-0.2, 0) is 4.79 Å². The molecule has 2 amide bonds. The maximum atomic E-state index is 12.6. The maximum Gasteiger partial charge on any atom is 0.253 e. The van der Waals surface area contributed by atoms with E-state index in [4.69, 9.17) is 0 Å². The highest BCUT2D eigenvalue weighted by atomic mass is 32.2. The van der Waals surface area contributed by atoms with E-state index in [2.05, 4.69) is 39.0 Å². The Morgan fingerprint density at radius 1 is 1.03 bits per heavy atom. The normalized spacial score (nSPS) is 10.7. The van der Waals surface area contributed by atoms with Gasteiger partial charge in [-0.2, -0.15) is 0 Å². The lowest BCUT2D eigenvalue weighted by Crippen LogP contribution is -2.23. The largest absolute Gasteiger partial charge is 0.355 e. The van der Waals surface area contributed by atoms with Crippen LogP contribution in [0.1, 0.15) is 32.9 Å². The smallest absolute Gasteiger partial charge is 0.253 e. The quantitative estimate of drug-likeness (QED) is 0.592. The fourth-order valence-corrected chi connectivity index (χ4v) is 3.98. The molecule has 0 radical (unpaired) electrons. The van der Waals surface area contributed by atoms with Crippen molar-refractivity contribution >= 4 is 29.3 Å². The van der Waals surface area contributed by atoms with Gasteiger partial charge in [-0.15, -0.1) is 10.2 Å². The Bertz CT molecular complexity index is 1110. The van der Waals surface area contributed by atoms with Gasteiger partial charge < -0.3 is 10.6 Å². The molecule has 30 heavy (non-hydrogen) atoms. The number of rotatable bonds is 6. The van der Waals surface area contributed by atoms with Gasteiger partial charge in [-0.05, 0) is 56.5 Å². The van der Waals surface area contributed by atoms with Crippen LogP contribution in [0.25, 0.3) is 5.69 Å². The summed E-state index contributed by atoms with van der Waals surface area (Å²) in [6.45, 7) is 7.80. The molecule has 1 aromatic heterocycles. The molecule has 0 atom stereocenters. The number of aromatic nitrogens is 3. The number of aryl methyl sites for hydroxylation is 4. The minimum absolute atomic E-state index is 0.143. The fourth-order valence-electron chi connectivity index (χ4n) is 3.19. The zero-order valence-electron chi connectivity index (χ0n) is 17.7. The standard InChI is InChI=1S/C22H25N5O2S/c1-13-9-10-14(2)18(11-13)27-16(4)25-26-22(27)30-12-19(28)24-17-8-6-7-15(3)20(17)21(29)23-5/h6-11H,12H2,1-5H3,(H,23,29)(H,24,28). The van der Waals surface area contributed by atoms with Gasteiger partial charge in [-0.3, -0.25) is 14.2 Å². The molecule has 3 rings (SSSR count). The first kappa shape index (κ1) is 21.6. The highest BCUT2D eigenvalue weighted by Gasteiger charge is 2.17. The van der Waals surface area contributed by atoms with Crippen molar-refractivity contribution in [2.75, 3.05) is 18.1 Å². The molecule has 2 N–H and O–H groups in total. The van der Waals surface area contributed by atoms with Gasteiger partial charge in [0.05, 0.1) is 22.7 Å². The molecular weight excluding hydrogens is 398 g/mol. The Hall–Kier alpha value is -3.13. The third kappa shape index (κ3) is 4.54. The Balaban J connectivity index is 1.78. The van der Waals surface area contributed by atoms with Crippen LogP contribution in [0.3, 0.4) is 0 Å². The topological polar surface area (TPSA) is 88.9 Å². The number of hydrogen-bond acceptors (Lipinski definition) is 5. The molecule has 0 aliphatic heterocycles. The lowest BCUT2D eigenvalue weighted by Gasteiger charge is -2.13. The molecular formula is C22H25N5O2S. The second-order valence-electron chi connectivity index (χ2n) is 7.07. The Kier molecular flexibility index (Phi) is 6.56. The molecule has 7 nitrogen and oxygen atoms in total. The van der Waals surface area contributed by atoms with E-state index in [0.29, 0.717) is 16.4 Å². The van der Waals surface area contributed by atoms with E-state index < -0.39 is 0 Å². The molecule has 1 heterocycles. The number of nitrogens with one attached hydrogen (secondary N) is 2. The second-order valence-corrected chi connectivity index (χ2v) is 8.01. The summed E-state index contributed by atoms with van der Waals surface area (Å²) in [4.78, 5) is 24.8. The van der Waals surface area contributed by atoms with Gasteiger partial charge in [0, 0.05) is 7.05 Å². The van der Waals surface area contributed by atoms with E-state index in [1.54, 1.807) is 13.1 Å². The van der Waals surface area contributed by atoms with Crippen molar-refractivity contribution in [3.63, 3.8) is 0 Å². The minimum atomic E-state index is -0.235. The van der Waals surface area contributed by atoms with Gasteiger partial charge in [0.25, 0.3) is 5.91 Å². The predicted octanol–water partition coefficient (Wildman–Crippen LogP) is 3.59. The van der Waals surface area contributed by atoms with Crippen LogP contribution >= 0.6 is 11.8 Å². The lowest BCUT2D eigenvalue weighted by atomic mass is 10.1. The summed E-state index contributed by atoms with van der Waals surface area (Å²) in [5, 5.41) is 14.5. The molecule has 156 valence electrons. The van der Waals surface area contributed by atoms with Gasteiger partial charge in [-0.1, -0.05) is 36.0 Å². The van der Waals surface area contributed by atoms with Crippen molar-refractivity contribution in [2.45, 2.75) is 32.9 Å². The first-order valence-corrected chi connectivity index (χ1v) is 10.5. The summed E-state index contributed by atoms with van der Waals surface area (Å²) in [6.07, 6.45) is 0. The molecule has 2 aromatic carbocycles. The first-order valence-electron chi connectivity index (χ1n) is 9.55. The van der Waals surface area contributed by atoms with Crippen LogP contribution in [0, 0.1) is 27.7 Å². The van der Waals surface area contributed by atoms with Crippen LogP contribution in [0.5, 0.6) is 0 Å². The zero-order valence-corrected chi connectivity index (χ0v) is 18.6. The van der Waals surface area contributed by atoms with Crippen molar-refractivity contribution < 1.29 is 9.59 Å². The summed E-state index contributed by atoms with van der Waals surface area (Å²) in [6, 6.07) is 11.6. The van der Waals surface area contributed by atoms with E-state index >= 15 is 0 Å². The number of anilines is 1. The molecule has 8 heteroatoms. The van der Waals surface area contributed by atoms with Crippen LogP contribution in [-0.4, -0.2) is 39.4 Å². The molecule has 0 unspecified atom stereocenters. The van der Waals surface area contributed by atoms with E-state index in [1.165, 1.54) is 11.8 Å². The second kappa shape index (κ2) is 9.13. The monoisotopic (exact) mass is 423 g/mol. The van der Waals surface area contributed by atoms with E-state index in [0.717, 1.165) is 28.2 Å². The van der Waals surface area contributed by atoms with Crippen LogP contribution < -0.4 is 10.6 Å². The molecule has 0 saturated heterocycles. The Morgan fingerprint density at radius 3 is 2.53 bits per heavy atom. The molecule has 0 aliphatic rings. The first-order chi connectivity index (χ1) is 14.3. The van der Waals surface area contributed by atoms with Crippen LogP contribution in [0.4, 0.5) is 5.69 Å². The summed E-state index contributed by atoms with van der Waals surface area (Å²) >= 11 is 1.31. The van der Waals surface area contributed by atoms with Crippen LogP contribution in [0.2, 0.25) is 0 Å². The van der Waals surface area contributed by atoms with Gasteiger partial charge >= 0.3 is 0 Å². The third-order valence-corrected chi connectivity index (χ3v) is 5.66. The Morgan fingerprint density at radius 2 is 1.80 bits per heavy atom. The number of carbonyl (C=O) groups is 2. The number of carbonyl (C=O) groups excluding carboxylic acids is 2. The highest BCUT2D eigenvalue weighted by molar-refractivity contribution is 7.99. The molecule has 0 saturated carbocycles. The lowest BCUT2D eigenvalue weighted by molar-refractivity contribution is -0.113. The zero-order chi connectivity index (χ0) is 21.8. The average Bonchev–Trinajstić information content (AvgIpc) is 3.08. The number of amides is 2. The van der Waals surface area contributed by atoms with Crippen LogP contribution in [0.15, 0.2) is 41.6 Å². The van der Waals surface area contributed by atoms with E-state index in [9.17, 15) is 9.59 Å². The molecule has 0 aliphatic carbocycles. The average molecular weight is 424 g/mol. The maximum absolute atomic E-state index is 12.6. The van der Waals surface area contributed by atoms with Gasteiger partial charge in [0.15, 0.2) is 5.16 Å². The molecule has 0 fully saturated rings. The molecule has 3 aromatic rings. The number of nitrogens with zero attached hydrogens (tertiary/aromatic N) is 3. The van der Waals surface area contributed by atoms with E-state index in [-0.39, 0.29) is 17.6 Å². The molecule has 0 bridgehead atoms. The predicted molar refractivity (Wildman–Crippen MR) is 119 cm³/mol. The highest BCUT2D eigenvalue weighted by Crippen LogP contribution is 2.25. The van der Waals surface area contributed by atoms with Crippen molar-refractivity contribution in [2.24, 2.45) is 0 Å². The molecule has 0 spiro atoms. The summed E-state index contributed by atoms with van der Waals surface area (Å²) in [7, 11) is 1.57. The van der Waals surface area contributed by atoms with Crippen molar-refractivity contribution in [1.29, 1.82) is 0 Å². The van der Waals surface area contributed by atoms with Gasteiger partial charge in [0.1, 0.15) is 5.82 Å². The number of benzene rings is 2. The Labute approximate surface area is 180 Å². The third-order valence-electron chi connectivity index (χ3n) is 4.73. The number of hydrogen-bond donors (Lipinski definition) is 2. The summed E-state index contributed by atoms with van der Waals surface area (Å²) < 4.78 is 1.96. The fraction of sp³-hybridized carbons (Fsp3) is 0.273. The summed E-state index contributed by atoms with van der Waals surface area (Å²) in [5.41, 5.74) is 4.99. The van der Waals surface area contributed by atoms with E-state index in [1.807, 2.05) is 44.4 Å². The van der Waals surface area contributed by atoms with Crippen molar-refractivity contribution in [1.82, 2.24) is 20.1 Å². The van der Waals surface area contributed by atoms with Gasteiger partial charge in [-0.25, -0.2) is 0 Å². The number of thioether (sulfide) groups is 1. The van der Waals surface area contributed by atoms with Gasteiger partial charge in [0.2, 0.25) is 5.91 Å². The summed E-state index contributed by atoms with van der Waals surface area (Å²) in [5.74, 6) is 0.446. The minimum Gasteiger partial charge on any atom is -0.355 e.